The van der Waals surface area contributed by atoms with Crippen LogP contribution in [-0.4, -0.2) is 24.3 Å². The summed E-state index contributed by atoms with van der Waals surface area (Å²) in [6.45, 7) is 8.88. The predicted octanol–water partition coefficient (Wildman–Crippen LogP) is 1.25. The van der Waals surface area contributed by atoms with Gasteiger partial charge in [-0.25, -0.2) is 0 Å². The molecule has 2 N–H and O–H groups in total. The smallest absolute Gasteiger partial charge is 0.0816 e. The molecule has 0 radical (unpaired) electrons. The van der Waals surface area contributed by atoms with E-state index < -0.39 is 5.60 Å². The molecule has 2 nitrogen and oxygen atoms in total. The SMILES string of the molecule is CNCC(O)(C(C)C)C(C)C. The third-order valence-electron chi connectivity index (χ3n) is 2.46. The summed E-state index contributed by atoms with van der Waals surface area (Å²) >= 11 is 0. The highest BCUT2D eigenvalue weighted by Crippen LogP contribution is 2.24. The van der Waals surface area contributed by atoms with Crippen LogP contribution in [0.1, 0.15) is 27.7 Å². The summed E-state index contributed by atoms with van der Waals surface area (Å²) in [6.07, 6.45) is 0. The molecule has 0 aromatic rings. The molecule has 0 aliphatic heterocycles. The quantitative estimate of drug-likeness (QED) is 0.647. The zero-order chi connectivity index (χ0) is 9.07. The topological polar surface area (TPSA) is 32.3 Å². The molecule has 0 rings (SSSR count). The Morgan fingerprint density at radius 2 is 1.55 bits per heavy atom. The average molecular weight is 159 g/mol. The first-order valence-electron chi connectivity index (χ1n) is 4.32. The summed E-state index contributed by atoms with van der Waals surface area (Å²) < 4.78 is 0. The summed E-state index contributed by atoms with van der Waals surface area (Å²) in [6, 6.07) is 0. The van der Waals surface area contributed by atoms with Crippen molar-refractivity contribution in [1.29, 1.82) is 0 Å². The maximum Gasteiger partial charge on any atom is 0.0816 e. The van der Waals surface area contributed by atoms with E-state index in [0.717, 1.165) is 0 Å². The van der Waals surface area contributed by atoms with Crippen molar-refractivity contribution in [3.8, 4) is 0 Å². The zero-order valence-corrected chi connectivity index (χ0v) is 8.31. The fourth-order valence-corrected chi connectivity index (χ4v) is 1.36. The molecule has 0 aromatic carbocycles. The number of rotatable bonds is 4. The lowest BCUT2D eigenvalue weighted by atomic mass is 9.80. The van der Waals surface area contributed by atoms with Crippen LogP contribution in [0.3, 0.4) is 0 Å². The van der Waals surface area contributed by atoms with Crippen LogP contribution in [0.5, 0.6) is 0 Å². The molecular formula is C9H21NO. The minimum absolute atomic E-state index is 0.301. The molecule has 0 heterocycles. The first-order valence-corrected chi connectivity index (χ1v) is 4.32. The molecule has 0 unspecified atom stereocenters. The molecule has 0 saturated heterocycles. The Hall–Kier alpha value is -0.0800. The number of aliphatic hydroxyl groups is 1. The first kappa shape index (κ1) is 10.9. The molecule has 0 aliphatic rings. The Morgan fingerprint density at radius 3 is 1.64 bits per heavy atom. The van der Waals surface area contributed by atoms with Crippen molar-refractivity contribution in [2.45, 2.75) is 33.3 Å². The number of hydrogen-bond donors (Lipinski definition) is 2. The molecular weight excluding hydrogens is 138 g/mol. The van der Waals surface area contributed by atoms with Gasteiger partial charge in [-0.1, -0.05) is 27.7 Å². The van der Waals surface area contributed by atoms with E-state index in [2.05, 4.69) is 33.0 Å². The van der Waals surface area contributed by atoms with Crippen molar-refractivity contribution in [3.63, 3.8) is 0 Å². The van der Waals surface area contributed by atoms with Crippen LogP contribution < -0.4 is 5.32 Å². The van der Waals surface area contributed by atoms with Gasteiger partial charge >= 0.3 is 0 Å². The summed E-state index contributed by atoms with van der Waals surface area (Å²) in [7, 11) is 1.87. The summed E-state index contributed by atoms with van der Waals surface area (Å²) in [5.41, 5.74) is -0.561. The number of likely N-dealkylation sites (N-methyl/N-ethyl adjacent to an activating group) is 1. The van der Waals surface area contributed by atoms with E-state index in [1.807, 2.05) is 7.05 Å². The van der Waals surface area contributed by atoms with Gasteiger partial charge in [0.2, 0.25) is 0 Å². The largest absolute Gasteiger partial charge is 0.388 e. The maximum atomic E-state index is 10.1. The van der Waals surface area contributed by atoms with E-state index in [0.29, 0.717) is 18.4 Å². The van der Waals surface area contributed by atoms with Gasteiger partial charge in [-0.15, -0.1) is 0 Å². The Labute approximate surface area is 70.0 Å². The molecule has 0 amide bonds. The Morgan fingerprint density at radius 1 is 1.18 bits per heavy atom. The van der Waals surface area contributed by atoms with Gasteiger partial charge in [-0.2, -0.15) is 0 Å². The monoisotopic (exact) mass is 159 g/mol. The fraction of sp³-hybridized carbons (Fsp3) is 1.00. The van der Waals surface area contributed by atoms with Crippen molar-refractivity contribution in [1.82, 2.24) is 5.32 Å². The van der Waals surface area contributed by atoms with E-state index in [4.69, 9.17) is 0 Å². The molecule has 0 aromatic heterocycles. The molecule has 0 spiro atoms. The van der Waals surface area contributed by atoms with Gasteiger partial charge in [-0.3, -0.25) is 0 Å². The summed E-state index contributed by atoms with van der Waals surface area (Å²) in [5.74, 6) is 0.602. The van der Waals surface area contributed by atoms with Crippen molar-refractivity contribution >= 4 is 0 Å². The average Bonchev–Trinajstić information content (AvgIpc) is 1.87. The maximum absolute atomic E-state index is 10.1. The molecule has 11 heavy (non-hydrogen) atoms. The van der Waals surface area contributed by atoms with Crippen LogP contribution in [0.2, 0.25) is 0 Å². The zero-order valence-electron chi connectivity index (χ0n) is 8.31. The highest BCUT2D eigenvalue weighted by atomic mass is 16.3. The Kier molecular flexibility index (Phi) is 4.04. The number of hydrogen-bond acceptors (Lipinski definition) is 2. The summed E-state index contributed by atoms with van der Waals surface area (Å²) in [4.78, 5) is 0. The van der Waals surface area contributed by atoms with Crippen LogP contribution in [0, 0.1) is 11.8 Å². The molecule has 2 heteroatoms. The Bertz CT molecular complexity index is 102. The molecule has 0 bridgehead atoms. The van der Waals surface area contributed by atoms with Gasteiger partial charge in [0.1, 0.15) is 0 Å². The second-order valence-electron chi connectivity index (χ2n) is 3.83. The van der Waals surface area contributed by atoms with Gasteiger partial charge in [0.15, 0.2) is 0 Å². The second-order valence-corrected chi connectivity index (χ2v) is 3.83. The normalized spacial score (nSPS) is 13.1. The highest BCUT2D eigenvalue weighted by Gasteiger charge is 2.33. The lowest BCUT2D eigenvalue weighted by molar-refractivity contribution is -0.0435. The molecule has 0 saturated carbocycles. The predicted molar refractivity (Wildman–Crippen MR) is 48.6 cm³/mol. The third kappa shape index (κ3) is 2.46. The van der Waals surface area contributed by atoms with Gasteiger partial charge in [0.25, 0.3) is 0 Å². The van der Waals surface area contributed by atoms with Crippen molar-refractivity contribution < 1.29 is 5.11 Å². The van der Waals surface area contributed by atoms with E-state index in [-0.39, 0.29) is 0 Å². The second kappa shape index (κ2) is 4.07. The minimum Gasteiger partial charge on any atom is -0.388 e. The van der Waals surface area contributed by atoms with Crippen LogP contribution in [0.25, 0.3) is 0 Å². The fourth-order valence-electron chi connectivity index (χ4n) is 1.36. The van der Waals surface area contributed by atoms with E-state index in [1.165, 1.54) is 0 Å². The molecule has 0 fully saturated rings. The lowest BCUT2D eigenvalue weighted by Crippen LogP contribution is -2.48. The van der Waals surface area contributed by atoms with Crippen molar-refractivity contribution in [2.24, 2.45) is 11.8 Å². The van der Waals surface area contributed by atoms with Gasteiger partial charge in [-0.05, 0) is 18.9 Å². The molecule has 0 atom stereocenters. The molecule has 68 valence electrons. The third-order valence-corrected chi connectivity index (χ3v) is 2.46. The highest BCUT2D eigenvalue weighted by molar-refractivity contribution is 4.86. The van der Waals surface area contributed by atoms with Crippen molar-refractivity contribution in [2.75, 3.05) is 13.6 Å². The van der Waals surface area contributed by atoms with Gasteiger partial charge in [0, 0.05) is 6.54 Å². The standard InChI is InChI=1S/C9H21NO/c1-7(2)9(11,6-10-5)8(3)4/h7-8,10-11H,6H2,1-5H3. The first-order chi connectivity index (χ1) is 4.95. The van der Waals surface area contributed by atoms with Gasteiger partial charge < -0.3 is 10.4 Å². The van der Waals surface area contributed by atoms with Crippen LogP contribution in [-0.2, 0) is 0 Å². The van der Waals surface area contributed by atoms with Gasteiger partial charge in [0.05, 0.1) is 5.60 Å². The van der Waals surface area contributed by atoms with E-state index >= 15 is 0 Å². The summed E-state index contributed by atoms with van der Waals surface area (Å²) in [5, 5.41) is 13.1. The Balaban J connectivity index is 4.26. The van der Waals surface area contributed by atoms with Crippen molar-refractivity contribution in [3.05, 3.63) is 0 Å². The van der Waals surface area contributed by atoms with Crippen LogP contribution in [0.15, 0.2) is 0 Å². The van der Waals surface area contributed by atoms with E-state index in [1.54, 1.807) is 0 Å². The lowest BCUT2D eigenvalue weighted by Gasteiger charge is -2.35. The number of nitrogens with one attached hydrogen (secondary N) is 1. The minimum atomic E-state index is -0.561. The molecule has 0 aliphatic carbocycles. The van der Waals surface area contributed by atoms with Crippen LogP contribution in [0.4, 0.5) is 0 Å². The van der Waals surface area contributed by atoms with E-state index in [9.17, 15) is 5.11 Å². The van der Waals surface area contributed by atoms with Crippen LogP contribution >= 0.6 is 0 Å².